The highest BCUT2D eigenvalue weighted by atomic mass is 16.5. The second-order valence-corrected chi connectivity index (χ2v) is 32.7. The summed E-state index contributed by atoms with van der Waals surface area (Å²) in [6.07, 6.45) is 11.0. The van der Waals surface area contributed by atoms with Gasteiger partial charge in [-0.2, -0.15) is 10.2 Å². The first-order chi connectivity index (χ1) is 56.4. The lowest BCUT2D eigenvalue weighted by Gasteiger charge is -2.44. The summed E-state index contributed by atoms with van der Waals surface area (Å²) in [7, 11) is 0. The highest BCUT2D eigenvalue weighted by Crippen LogP contribution is 2.44. The molecule has 594 valence electrons. The molecule has 29 heteroatoms. The van der Waals surface area contributed by atoms with Crippen molar-refractivity contribution in [3.8, 4) is 56.6 Å². The minimum Gasteiger partial charge on any atom is -0.457 e. The van der Waals surface area contributed by atoms with Gasteiger partial charge in [0.15, 0.2) is 5.65 Å². The van der Waals surface area contributed by atoms with Crippen LogP contribution < -0.4 is 46.7 Å². The maximum Gasteiger partial charge on any atom is 0.262 e. The molecule has 7 fully saturated rings. The Hall–Kier alpha value is -12.2. The Labute approximate surface area is 668 Å². The maximum atomic E-state index is 13.5. The van der Waals surface area contributed by atoms with Crippen molar-refractivity contribution in [1.29, 1.82) is 0 Å². The molecule has 0 bridgehead atoms. The zero-order chi connectivity index (χ0) is 79.1. The molecule has 0 aliphatic carbocycles. The number of nitrogens with zero attached hydrogens (tertiary/aromatic N) is 13. The summed E-state index contributed by atoms with van der Waals surface area (Å²) < 4.78 is 16.9. The van der Waals surface area contributed by atoms with Gasteiger partial charge >= 0.3 is 0 Å². The van der Waals surface area contributed by atoms with Crippen LogP contribution in [-0.4, -0.2) is 210 Å². The molecular formula is C87H90N18O11. The van der Waals surface area contributed by atoms with Gasteiger partial charge in [0.05, 0.1) is 39.7 Å². The molecular weight excluding hydrogens is 1470 g/mol. The fourth-order valence-corrected chi connectivity index (χ4v) is 19.5. The summed E-state index contributed by atoms with van der Waals surface area (Å²) in [5, 5.41) is 19.1. The van der Waals surface area contributed by atoms with Gasteiger partial charge < -0.3 is 50.8 Å². The van der Waals surface area contributed by atoms with Gasteiger partial charge in [-0.1, -0.05) is 24.3 Å². The Morgan fingerprint density at radius 1 is 0.474 bits per heavy atom. The standard InChI is InChI=1S/C87H90N18O11/c88-78-74-76(95-104(80(74)92-49-91-78)58-31-36-98(37-32-58)46-51-47-101(48-51)60-11-19-66-68(44-60)87(114)103(85(66)112)71-21-23-73(107)94-83(71)110)54-6-14-62(15-7-54)115-61-12-4-52(5-13-61)56-2-1-3-64(42-56)116-63-16-8-55(9-17-63)77-75(79(89)108)81-90-33-24-69(105(81)96-77)53-27-40-99(41-28-53)57-29-34-97(35-30-57)45-50-25-38-100(39-26-50)59-10-18-65-67(43-59)86(113)102(84(65)111)70-20-22-72(106)93-82(70)109/h1-19,42-44,49-51,53,57-58,69-71,90H,20-41,45-48H2,(H2,89,108)(H2,88,91,92)(H,93,106,109)(H,94,107,110)/t69-,70?,71?/m0/s1. The number of fused-ring (bicyclic) bond motifs is 4. The topological polar surface area (TPSA) is 344 Å². The lowest BCUT2D eigenvalue weighted by atomic mass is 9.85. The highest BCUT2D eigenvalue weighted by Gasteiger charge is 2.48. The zero-order valence-corrected chi connectivity index (χ0v) is 64.2. The molecule has 19 rings (SSSR count). The second kappa shape index (κ2) is 30.5. The molecule has 6 aromatic carbocycles. The summed E-state index contributed by atoms with van der Waals surface area (Å²) in [5.41, 5.74) is 21.6. The Balaban J connectivity index is 0.426. The Morgan fingerprint density at radius 2 is 1.00 bits per heavy atom. The minimum absolute atomic E-state index is 0.0709. The predicted octanol–water partition coefficient (Wildman–Crippen LogP) is 9.31. The molecule has 2 unspecified atom stereocenters. The third-order valence-electron chi connectivity index (χ3n) is 25.7. The second-order valence-electron chi connectivity index (χ2n) is 32.7. The van der Waals surface area contributed by atoms with E-state index in [1.807, 2.05) is 114 Å². The van der Waals surface area contributed by atoms with Gasteiger partial charge in [-0.3, -0.25) is 63.6 Å². The number of anilines is 4. The number of primary amides is 1. The molecule has 29 nitrogen and oxygen atoms in total. The van der Waals surface area contributed by atoms with E-state index in [1.165, 1.54) is 6.33 Å². The van der Waals surface area contributed by atoms with Crippen LogP contribution in [0.1, 0.15) is 147 Å². The first-order valence-electron chi connectivity index (χ1n) is 40.8. The Morgan fingerprint density at radius 3 is 1.58 bits per heavy atom. The molecule has 0 radical (unpaired) electrons. The molecule has 7 N–H and O–H groups in total. The summed E-state index contributed by atoms with van der Waals surface area (Å²) in [6, 6.07) is 40.8. The number of hydrogen-bond donors (Lipinski definition) is 5. The normalized spacial score (nSPS) is 21.7. The van der Waals surface area contributed by atoms with Crippen LogP contribution in [0.15, 0.2) is 140 Å². The number of carbonyl (C=O) groups is 9. The van der Waals surface area contributed by atoms with Crippen LogP contribution in [0.2, 0.25) is 0 Å². The smallest absolute Gasteiger partial charge is 0.262 e. The van der Waals surface area contributed by atoms with Crippen LogP contribution >= 0.6 is 0 Å². The first-order valence-corrected chi connectivity index (χ1v) is 40.8. The van der Waals surface area contributed by atoms with Gasteiger partial charge in [0.1, 0.15) is 70.0 Å². The number of carbonyl (C=O) groups excluding carboxylic acids is 9. The van der Waals surface area contributed by atoms with E-state index in [0.717, 1.165) is 186 Å². The number of rotatable bonds is 19. The minimum atomic E-state index is -1.00. The molecule has 3 aromatic heterocycles. The summed E-state index contributed by atoms with van der Waals surface area (Å²) in [4.78, 5) is 139. The lowest BCUT2D eigenvalue weighted by molar-refractivity contribution is -0.137. The van der Waals surface area contributed by atoms with Crippen LogP contribution in [-0.2, 0) is 19.2 Å². The SMILES string of the molecule is NC(=O)c1c(-c2ccc(Oc3cccc(-c4ccc(Oc5ccc(-c6nn(C7CCN(CC8CN(c9ccc%10c(c9)C(=O)N(C9CCC(=O)NC9=O)C%10=O)C8)CC7)c7ncnc(N)c67)cc5)cc4)c3)cc2)nn2c1NCC[C@H]2C1CCN(C2CCN(CC3CCN(c4ccc5c(c4)C(=O)N(C4CCC(=O)NC4=O)C5=O)CC3)CC2)CC1. The van der Waals surface area contributed by atoms with E-state index in [0.29, 0.717) is 97.5 Å². The van der Waals surface area contributed by atoms with E-state index >= 15 is 0 Å². The molecule has 0 spiro atoms. The zero-order valence-electron chi connectivity index (χ0n) is 64.2. The van der Waals surface area contributed by atoms with E-state index < -0.39 is 65.2 Å². The largest absolute Gasteiger partial charge is 0.457 e. The number of nitrogen functional groups attached to an aromatic ring is 1. The van der Waals surface area contributed by atoms with Crippen molar-refractivity contribution >= 4 is 87.2 Å². The number of aromatic nitrogens is 6. The molecule has 7 saturated heterocycles. The molecule has 10 aliphatic heterocycles. The van der Waals surface area contributed by atoms with E-state index in [4.69, 9.17) is 36.1 Å². The number of amides is 9. The fraction of sp³-hybridized carbons (Fsp3) is 0.391. The van der Waals surface area contributed by atoms with Gasteiger partial charge in [0, 0.05) is 106 Å². The molecule has 9 amide bonds. The van der Waals surface area contributed by atoms with Crippen molar-refractivity contribution in [1.82, 2.24) is 64.7 Å². The van der Waals surface area contributed by atoms with Crippen molar-refractivity contribution < 1.29 is 52.6 Å². The number of hydrogen-bond acceptors (Lipinski definition) is 22. The summed E-state index contributed by atoms with van der Waals surface area (Å²) in [6.45, 7) is 12.0. The van der Waals surface area contributed by atoms with E-state index in [1.54, 1.807) is 24.3 Å². The number of piperidine rings is 6. The Kier molecular flexibility index (Phi) is 19.5. The molecule has 116 heavy (non-hydrogen) atoms. The number of imide groups is 4. The lowest BCUT2D eigenvalue weighted by Crippen LogP contribution is -2.54. The van der Waals surface area contributed by atoms with E-state index in [9.17, 15) is 43.2 Å². The number of nitrogens with one attached hydrogen (secondary N) is 3. The average molecular weight is 1560 g/mol. The van der Waals surface area contributed by atoms with Crippen molar-refractivity contribution in [2.75, 3.05) is 106 Å². The molecule has 3 atom stereocenters. The monoisotopic (exact) mass is 1560 g/mol. The van der Waals surface area contributed by atoms with Crippen molar-refractivity contribution in [2.45, 2.75) is 114 Å². The molecule has 10 aliphatic rings. The summed E-state index contributed by atoms with van der Waals surface area (Å²) in [5.74, 6) is 0.516. The van der Waals surface area contributed by atoms with Crippen LogP contribution in [0, 0.1) is 17.8 Å². The van der Waals surface area contributed by atoms with E-state index in [-0.39, 0.29) is 48.9 Å². The van der Waals surface area contributed by atoms with Crippen LogP contribution in [0.4, 0.5) is 23.0 Å². The quantitative estimate of drug-likeness (QED) is 0.0470. The molecule has 0 saturated carbocycles. The third-order valence-corrected chi connectivity index (χ3v) is 25.7. The van der Waals surface area contributed by atoms with Crippen molar-refractivity contribution in [2.24, 2.45) is 23.5 Å². The summed E-state index contributed by atoms with van der Waals surface area (Å²) >= 11 is 0. The van der Waals surface area contributed by atoms with Crippen LogP contribution in [0.5, 0.6) is 23.0 Å². The number of benzene rings is 6. The van der Waals surface area contributed by atoms with Crippen molar-refractivity contribution in [3.63, 3.8) is 0 Å². The fourth-order valence-electron chi connectivity index (χ4n) is 19.5. The van der Waals surface area contributed by atoms with Gasteiger partial charge in [-0.15, -0.1) is 0 Å². The highest BCUT2D eigenvalue weighted by molar-refractivity contribution is 6.25. The predicted molar refractivity (Wildman–Crippen MR) is 431 cm³/mol. The van der Waals surface area contributed by atoms with Crippen LogP contribution in [0.3, 0.4) is 0 Å². The number of nitrogens with two attached hydrogens (primary N) is 2. The average Bonchev–Trinajstić information content (AvgIpc) is 1.62. The van der Waals surface area contributed by atoms with Crippen LogP contribution in [0.25, 0.3) is 44.7 Å². The molecule has 13 heterocycles. The van der Waals surface area contributed by atoms with Gasteiger partial charge in [0.25, 0.3) is 29.5 Å². The third kappa shape index (κ3) is 14.0. The first kappa shape index (κ1) is 73.9. The van der Waals surface area contributed by atoms with Gasteiger partial charge in [-0.05, 0) is 229 Å². The van der Waals surface area contributed by atoms with Gasteiger partial charge in [0.2, 0.25) is 23.6 Å². The maximum absolute atomic E-state index is 13.5. The molecule has 9 aromatic rings. The van der Waals surface area contributed by atoms with E-state index in [2.05, 4.69) is 50.1 Å². The van der Waals surface area contributed by atoms with Crippen molar-refractivity contribution in [3.05, 3.63) is 168 Å². The van der Waals surface area contributed by atoms with Gasteiger partial charge in [-0.25, -0.2) is 19.3 Å². The Bertz CT molecular complexity index is 5440. The number of ether oxygens (including phenoxy) is 2. The number of likely N-dealkylation sites (tertiary alicyclic amines) is 3.